The Balaban J connectivity index is 1.45. The second-order valence-electron chi connectivity index (χ2n) is 5.75. The Labute approximate surface area is 174 Å². The molecule has 0 fully saturated rings. The van der Waals surface area contributed by atoms with Gasteiger partial charge in [0, 0.05) is 42.1 Å². The van der Waals surface area contributed by atoms with Gasteiger partial charge in [0.1, 0.15) is 5.82 Å². The number of hydrogen-bond donors (Lipinski definition) is 2. The molecule has 3 aromatic rings. The van der Waals surface area contributed by atoms with Crippen molar-refractivity contribution in [3.8, 4) is 0 Å². The Morgan fingerprint density at radius 1 is 1.30 bits per heavy atom. The van der Waals surface area contributed by atoms with Crippen molar-refractivity contribution in [1.29, 1.82) is 0 Å². The molecule has 0 radical (unpaired) electrons. The summed E-state index contributed by atoms with van der Waals surface area (Å²) >= 11 is 14.7. The average Bonchev–Trinajstić information content (AvgIpc) is 3.24. The topological polar surface area (TPSA) is 59.7 Å². The van der Waals surface area contributed by atoms with E-state index in [1.165, 1.54) is 6.07 Å². The average molecular weight is 472 g/mol. The quantitative estimate of drug-likeness (QED) is 0.402. The lowest BCUT2D eigenvalue weighted by molar-refractivity contribution is 0.573. The molecular weight excluding hydrogens is 455 g/mol. The van der Waals surface area contributed by atoms with E-state index in [-0.39, 0.29) is 12.4 Å². The van der Waals surface area contributed by atoms with Crippen LogP contribution in [0.3, 0.4) is 0 Å². The number of halogens is 3. The van der Waals surface area contributed by atoms with Gasteiger partial charge in [-0.05, 0) is 46.7 Å². The van der Waals surface area contributed by atoms with Gasteiger partial charge in [-0.3, -0.25) is 9.36 Å². The summed E-state index contributed by atoms with van der Waals surface area (Å²) in [7, 11) is 0. The number of aryl methyl sites for hydroxylation is 1. The molecule has 0 aliphatic carbocycles. The van der Waals surface area contributed by atoms with Gasteiger partial charge in [-0.2, -0.15) is 10.2 Å². The zero-order valence-corrected chi connectivity index (χ0v) is 17.4. The third-order valence-corrected chi connectivity index (χ3v) is 4.73. The maximum Gasteiger partial charge on any atom is 0.171 e. The molecule has 1 aromatic carbocycles. The zero-order valence-electron chi connectivity index (χ0n) is 14.2. The third kappa shape index (κ3) is 5.75. The Morgan fingerprint density at radius 2 is 2.15 bits per heavy atom. The molecule has 3 rings (SSSR count). The lowest BCUT2D eigenvalue weighted by Crippen LogP contribution is -2.30. The fourth-order valence-electron chi connectivity index (χ4n) is 2.43. The highest BCUT2D eigenvalue weighted by Gasteiger charge is 2.09. The normalized spacial score (nSPS) is 10.8. The molecule has 0 atom stereocenters. The second-order valence-corrected chi connectivity index (χ2v) is 7.49. The van der Waals surface area contributed by atoms with Crippen molar-refractivity contribution in [2.24, 2.45) is 0 Å². The van der Waals surface area contributed by atoms with E-state index in [2.05, 4.69) is 36.8 Å². The molecule has 10 heteroatoms. The minimum Gasteiger partial charge on any atom is -0.362 e. The van der Waals surface area contributed by atoms with Crippen LogP contribution in [0.25, 0.3) is 0 Å². The van der Waals surface area contributed by atoms with Crippen LogP contribution in [-0.4, -0.2) is 31.2 Å². The number of nitrogens with one attached hydrogen (secondary N) is 2. The van der Waals surface area contributed by atoms with E-state index >= 15 is 0 Å². The SMILES string of the molecule is Fc1cccc(Cl)c1Cn1ccc(NC(=S)NCCCn2cc(Br)cn2)n1. The number of rotatable bonds is 7. The largest absolute Gasteiger partial charge is 0.362 e. The molecule has 6 nitrogen and oxygen atoms in total. The van der Waals surface area contributed by atoms with Gasteiger partial charge in [0.15, 0.2) is 10.9 Å². The van der Waals surface area contributed by atoms with Crippen molar-refractivity contribution in [2.45, 2.75) is 19.5 Å². The molecular formula is C17H17BrClFN6S. The molecule has 142 valence electrons. The predicted molar refractivity (Wildman–Crippen MR) is 112 cm³/mol. The van der Waals surface area contributed by atoms with E-state index in [0.29, 0.717) is 28.1 Å². The fourth-order valence-corrected chi connectivity index (χ4v) is 3.18. The summed E-state index contributed by atoms with van der Waals surface area (Å²) in [6.45, 7) is 1.74. The van der Waals surface area contributed by atoms with Gasteiger partial charge >= 0.3 is 0 Å². The van der Waals surface area contributed by atoms with Crippen LogP contribution in [0.15, 0.2) is 47.3 Å². The van der Waals surface area contributed by atoms with Crippen LogP contribution in [0.1, 0.15) is 12.0 Å². The van der Waals surface area contributed by atoms with Crippen molar-refractivity contribution in [2.75, 3.05) is 11.9 Å². The number of nitrogens with zero attached hydrogens (tertiary/aromatic N) is 4. The highest BCUT2D eigenvalue weighted by molar-refractivity contribution is 9.10. The van der Waals surface area contributed by atoms with Crippen LogP contribution in [0, 0.1) is 5.82 Å². The first-order valence-electron chi connectivity index (χ1n) is 8.20. The van der Waals surface area contributed by atoms with E-state index in [1.807, 2.05) is 10.9 Å². The fraction of sp³-hybridized carbons (Fsp3) is 0.235. The van der Waals surface area contributed by atoms with Gasteiger partial charge in [-0.25, -0.2) is 4.39 Å². The van der Waals surface area contributed by atoms with E-state index < -0.39 is 0 Å². The maximum absolute atomic E-state index is 13.9. The molecule has 2 N–H and O–H groups in total. The first-order valence-corrected chi connectivity index (χ1v) is 9.78. The predicted octanol–water partition coefficient (Wildman–Crippen LogP) is 4.06. The highest BCUT2D eigenvalue weighted by Crippen LogP contribution is 2.20. The first kappa shape index (κ1) is 19.8. The van der Waals surface area contributed by atoms with E-state index in [0.717, 1.165) is 17.4 Å². The molecule has 0 spiro atoms. The molecule has 0 saturated heterocycles. The lowest BCUT2D eigenvalue weighted by Gasteiger charge is -2.09. The van der Waals surface area contributed by atoms with Crippen LogP contribution in [-0.2, 0) is 13.1 Å². The van der Waals surface area contributed by atoms with Gasteiger partial charge in [-0.15, -0.1) is 0 Å². The third-order valence-electron chi connectivity index (χ3n) is 3.72. The minimum atomic E-state index is -0.353. The van der Waals surface area contributed by atoms with Crippen LogP contribution in [0.5, 0.6) is 0 Å². The van der Waals surface area contributed by atoms with Crippen molar-refractivity contribution < 1.29 is 4.39 Å². The molecule has 0 saturated carbocycles. The summed E-state index contributed by atoms with van der Waals surface area (Å²) in [5.74, 6) is 0.227. The molecule has 27 heavy (non-hydrogen) atoms. The Kier molecular flexibility index (Phi) is 6.81. The highest BCUT2D eigenvalue weighted by atomic mass is 79.9. The van der Waals surface area contributed by atoms with E-state index in [4.69, 9.17) is 23.8 Å². The van der Waals surface area contributed by atoms with E-state index in [1.54, 1.807) is 35.3 Å². The summed E-state index contributed by atoms with van der Waals surface area (Å²) < 4.78 is 18.3. The number of hydrogen-bond acceptors (Lipinski definition) is 3. The van der Waals surface area contributed by atoms with Crippen molar-refractivity contribution in [1.82, 2.24) is 24.9 Å². The van der Waals surface area contributed by atoms with Crippen LogP contribution < -0.4 is 10.6 Å². The van der Waals surface area contributed by atoms with Crippen molar-refractivity contribution in [3.63, 3.8) is 0 Å². The summed E-state index contributed by atoms with van der Waals surface area (Å²) in [6.07, 6.45) is 6.29. The van der Waals surface area contributed by atoms with Gasteiger partial charge in [0.25, 0.3) is 0 Å². The molecule has 0 unspecified atom stereocenters. The lowest BCUT2D eigenvalue weighted by atomic mass is 10.2. The van der Waals surface area contributed by atoms with Gasteiger partial charge < -0.3 is 10.6 Å². The van der Waals surface area contributed by atoms with Gasteiger partial charge in [-0.1, -0.05) is 17.7 Å². The monoisotopic (exact) mass is 470 g/mol. The van der Waals surface area contributed by atoms with E-state index in [9.17, 15) is 4.39 Å². The summed E-state index contributed by atoms with van der Waals surface area (Å²) in [4.78, 5) is 0. The number of aromatic nitrogens is 4. The minimum absolute atomic E-state index is 0.243. The van der Waals surface area contributed by atoms with Gasteiger partial charge in [0.2, 0.25) is 0 Å². The van der Waals surface area contributed by atoms with Crippen molar-refractivity contribution >= 4 is 50.7 Å². The first-order chi connectivity index (χ1) is 13.0. The van der Waals surface area contributed by atoms with Gasteiger partial charge in [0.05, 0.1) is 17.2 Å². The number of anilines is 1. The molecule has 2 aromatic heterocycles. The second kappa shape index (κ2) is 9.29. The molecule has 0 bridgehead atoms. The zero-order chi connectivity index (χ0) is 19.2. The van der Waals surface area contributed by atoms with Crippen LogP contribution in [0.4, 0.5) is 10.2 Å². The van der Waals surface area contributed by atoms with Crippen LogP contribution in [0.2, 0.25) is 5.02 Å². The standard InChI is InChI=1S/C17H17BrClFN6S/c18-12-9-22-25(10-12)7-2-6-21-17(27)23-16-5-8-26(24-16)11-13-14(19)3-1-4-15(13)20/h1,3-5,8-10H,2,6-7,11H2,(H2,21,23,24,27). The Bertz CT molecular complexity index is 908. The Hall–Kier alpha value is -1.97. The maximum atomic E-state index is 13.9. The summed E-state index contributed by atoms with van der Waals surface area (Å²) in [5, 5.41) is 15.5. The van der Waals surface area contributed by atoms with Crippen LogP contribution >= 0.6 is 39.7 Å². The molecule has 0 aliphatic heterocycles. The summed E-state index contributed by atoms with van der Waals surface area (Å²) in [6, 6.07) is 6.38. The number of benzene rings is 1. The smallest absolute Gasteiger partial charge is 0.171 e. The Morgan fingerprint density at radius 3 is 2.89 bits per heavy atom. The molecule has 0 amide bonds. The number of thiocarbonyl (C=S) groups is 1. The summed E-state index contributed by atoms with van der Waals surface area (Å²) in [5.41, 5.74) is 0.403. The van der Waals surface area contributed by atoms with Crippen molar-refractivity contribution in [3.05, 3.63) is 63.7 Å². The molecule has 0 aliphatic rings. The molecule has 2 heterocycles.